The fourth-order valence-corrected chi connectivity index (χ4v) is 2.26. The lowest BCUT2D eigenvalue weighted by Crippen LogP contribution is -2.36. The Kier molecular flexibility index (Phi) is 3.60. The number of carbonyl (C=O) groups is 2. The van der Waals surface area contributed by atoms with Gasteiger partial charge in [0, 0.05) is 31.9 Å². The largest absolute Gasteiger partial charge is 0.478 e. The van der Waals surface area contributed by atoms with E-state index in [2.05, 4.69) is 4.98 Å². The van der Waals surface area contributed by atoms with Gasteiger partial charge >= 0.3 is 5.97 Å². The molecule has 18 heavy (non-hydrogen) atoms. The van der Waals surface area contributed by atoms with Crippen LogP contribution in [0.1, 0.15) is 41.3 Å². The number of carboxylic acids is 1. The van der Waals surface area contributed by atoms with Gasteiger partial charge in [-0.05, 0) is 24.0 Å². The van der Waals surface area contributed by atoms with E-state index in [-0.39, 0.29) is 11.5 Å². The standard InChI is InChI=1S/C13H16N2O3/c1-2-3-12(16)15-5-4-10-9(8-15)6-14-7-11(10)13(17)18/h6-7H,2-5,8H2,1H3,(H,17,18). The lowest BCUT2D eigenvalue weighted by Gasteiger charge is -2.29. The van der Waals surface area contributed by atoms with Gasteiger partial charge in [0.1, 0.15) is 0 Å². The first-order chi connectivity index (χ1) is 8.63. The van der Waals surface area contributed by atoms with Crippen LogP contribution in [0.4, 0.5) is 0 Å². The Morgan fingerprint density at radius 1 is 1.44 bits per heavy atom. The number of hydrogen-bond acceptors (Lipinski definition) is 3. The third kappa shape index (κ3) is 2.34. The van der Waals surface area contributed by atoms with Gasteiger partial charge in [-0.15, -0.1) is 0 Å². The number of aromatic carboxylic acids is 1. The van der Waals surface area contributed by atoms with Crippen molar-refractivity contribution in [2.45, 2.75) is 32.7 Å². The highest BCUT2D eigenvalue weighted by Gasteiger charge is 2.24. The molecule has 0 saturated carbocycles. The van der Waals surface area contributed by atoms with Crippen LogP contribution in [0.15, 0.2) is 12.4 Å². The monoisotopic (exact) mass is 248 g/mol. The van der Waals surface area contributed by atoms with Crippen LogP contribution in [0.3, 0.4) is 0 Å². The van der Waals surface area contributed by atoms with Crippen LogP contribution in [0.5, 0.6) is 0 Å². The fraction of sp³-hybridized carbons (Fsp3) is 0.462. The van der Waals surface area contributed by atoms with Gasteiger partial charge in [0.05, 0.1) is 5.56 Å². The second-order valence-corrected chi connectivity index (χ2v) is 4.45. The van der Waals surface area contributed by atoms with Crippen molar-refractivity contribution < 1.29 is 14.7 Å². The normalized spacial score (nSPS) is 14.2. The van der Waals surface area contributed by atoms with Crippen LogP contribution >= 0.6 is 0 Å². The number of amides is 1. The number of carbonyl (C=O) groups excluding carboxylic acids is 1. The summed E-state index contributed by atoms with van der Waals surface area (Å²) in [5.41, 5.74) is 1.93. The minimum Gasteiger partial charge on any atom is -0.478 e. The van der Waals surface area contributed by atoms with E-state index in [1.54, 1.807) is 11.1 Å². The van der Waals surface area contributed by atoms with E-state index in [0.717, 1.165) is 17.5 Å². The molecule has 2 rings (SSSR count). The molecule has 5 heteroatoms. The molecular formula is C13H16N2O3. The summed E-state index contributed by atoms with van der Waals surface area (Å²) in [7, 11) is 0. The first-order valence-electron chi connectivity index (χ1n) is 6.10. The van der Waals surface area contributed by atoms with E-state index in [1.807, 2.05) is 6.92 Å². The molecule has 1 amide bonds. The molecule has 0 fully saturated rings. The van der Waals surface area contributed by atoms with Crippen molar-refractivity contribution in [2.75, 3.05) is 6.54 Å². The molecule has 0 aliphatic carbocycles. The molecule has 0 atom stereocenters. The number of fused-ring (bicyclic) bond motifs is 1. The summed E-state index contributed by atoms with van der Waals surface area (Å²) in [6.07, 6.45) is 5.00. The molecule has 1 N–H and O–H groups in total. The fourth-order valence-electron chi connectivity index (χ4n) is 2.26. The summed E-state index contributed by atoms with van der Waals surface area (Å²) in [5.74, 6) is -0.823. The van der Waals surface area contributed by atoms with Gasteiger partial charge in [0.25, 0.3) is 0 Å². The smallest absolute Gasteiger partial charge is 0.337 e. The lowest BCUT2D eigenvalue weighted by molar-refractivity contribution is -0.132. The van der Waals surface area contributed by atoms with Crippen molar-refractivity contribution in [1.29, 1.82) is 0 Å². The second-order valence-electron chi connectivity index (χ2n) is 4.45. The first kappa shape index (κ1) is 12.5. The first-order valence-corrected chi connectivity index (χ1v) is 6.10. The SMILES string of the molecule is CCCC(=O)N1CCc2c(cncc2C(=O)O)C1. The van der Waals surface area contributed by atoms with Crippen LogP contribution in [-0.4, -0.2) is 33.4 Å². The molecular weight excluding hydrogens is 232 g/mol. The van der Waals surface area contributed by atoms with Crippen molar-refractivity contribution in [2.24, 2.45) is 0 Å². The van der Waals surface area contributed by atoms with Crippen LogP contribution in [0, 0.1) is 0 Å². The Hall–Kier alpha value is -1.91. The number of rotatable bonds is 3. The summed E-state index contributed by atoms with van der Waals surface area (Å²) in [6.45, 7) is 3.04. The zero-order valence-electron chi connectivity index (χ0n) is 10.3. The van der Waals surface area contributed by atoms with Gasteiger partial charge in [-0.3, -0.25) is 9.78 Å². The summed E-state index contributed by atoms with van der Waals surface area (Å²) in [5, 5.41) is 9.08. The Balaban J connectivity index is 2.23. The van der Waals surface area contributed by atoms with Crippen molar-refractivity contribution in [3.8, 4) is 0 Å². The van der Waals surface area contributed by atoms with Crippen molar-refractivity contribution in [1.82, 2.24) is 9.88 Å². The Bertz CT molecular complexity index is 485. The van der Waals surface area contributed by atoms with Gasteiger partial charge in [-0.1, -0.05) is 6.92 Å². The van der Waals surface area contributed by atoms with E-state index >= 15 is 0 Å². The topological polar surface area (TPSA) is 70.5 Å². The zero-order chi connectivity index (χ0) is 13.1. The highest BCUT2D eigenvalue weighted by Crippen LogP contribution is 2.22. The minimum absolute atomic E-state index is 0.129. The van der Waals surface area contributed by atoms with E-state index in [1.165, 1.54) is 6.20 Å². The van der Waals surface area contributed by atoms with Crippen LogP contribution in [0.25, 0.3) is 0 Å². The van der Waals surface area contributed by atoms with Crippen molar-refractivity contribution >= 4 is 11.9 Å². The molecule has 2 heterocycles. The van der Waals surface area contributed by atoms with Gasteiger partial charge in [0.2, 0.25) is 5.91 Å². The zero-order valence-corrected chi connectivity index (χ0v) is 10.3. The average Bonchev–Trinajstić information content (AvgIpc) is 2.37. The second kappa shape index (κ2) is 5.16. The number of nitrogens with zero attached hydrogens (tertiary/aromatic N) is 2. The molecule has 0 bridgehead atoms. The minimum atomic E-state index is -0.951. The van der Waals surface area contributed by atoms with Crippen molar-refractivity contribution in [3.05, 3.63) is 29.1 Å². The van der Waals surface area contributed by atoms with E-state index in [9.17, 15) is 9.59 Å². The highest BCUT2D eigenvalue weighted by atomic mass is 16.4. The number of carboxylic acid groups (broad SMARTS) is 1. The van der Waals surface area contributed by atoms with Gasteiger partial charge in [-0.25, -0.2) is 4.79 Å². The van der Waals surface area contributed by atoms with E-state index in [4.69, 9.17) is 5.11 Å². The molecule has 0 saturated heterocycles. The maximum Gasteiger partial charge on any atom is 0.337 e. The van der Waals surface area contributed by atoms with E-state index in [0.29, 0.717) is 25.9 Å². The molecule has 1 aliphatic heterocycles. The molecule has 0 spiro atoms. The third-order valence-electron chi connectivity index (χ3n) is 3.19. The molecule has 1 aliphatic rings. The molecule has 0 aromatic carbocycles. The molecule has 96 valence electrons. The maximum atomic E-state index is 11.8. The average molecular weight is 248 g/mol. The predicted molar refractivity (Wildman–Crippen MR) is 65.2 cm³/mol. The number of hydrogen-bond donors (Lipinski definition) is 1. The Labute approximate surface area is 105 Å². The Morgan fingerprint density at radius 3 is 2.89 bits per heavy atom. The lowest BCUT2D eigenvalue weighted by atomic mass is 9.97. The summed E-state index contributed by atoms with van der Waals surface area (Å²) < 4.78 is 0. The summed E-state index contributed by atoms with van der Waals surface area (Å²) in [4.78, 5) is 28.6. The molecule has 5 nitrogen and oxygen atoms in total. The quantitative estimate of drug-likeness (QED) is 0.879. The van der Waals surface area contributed by atoms with Gasteiger partial charge < -0.3 is 10.0 Å². The maximum absolute atomic E-state index is 11.8. The predicted octanol–water partition coefficient (Wildman–Crippen LogP) is 1.46. The molecule has 0 radical (unpaired) electrons. The molecule has 1 aromatic heterocycles. The van der Waals surface area contributed by atoms with Crippen LogP contribution in [-0.2, 0) is 17.8 Å². The van der Waals surface area contributed by atoms with Crippen LogP contribution < -0.4 is 0 Å². The van der Waals surface area contributed by atoms with Crippen LogP contribution in [0.2, 0.25) is 0 Å². The third-order valence-corrected chi connectivity index (χ3v) is 3.19. The van der Waals surface area contributed by atoms with Crippen molar-refractivity contribution in [3.63, 3.8) is 0 Å². The summed E-state index contributed by atoms with van der Waals surface area (Å²) in [6, 6.07) is 0. The van der Waals surface area contributed by atoms with Gasteiger partial charge in [0.15, 0.2) is 0 Å². The van der Waals surface area contributed by atoms with Gasteiger partial charge in [-0.2, -0.15) is 0 Å². The number of pyridine rings is 1. The highest BCUT2D eigenvalue weighted by molar-refractivity contribution is 5.89. The number of aromatic nitrogens is 1. The molecule has 1 aromatic rings. The molecule has 0 unspecified atom stereocenters. The Morgan fingerprint density at radius 2 is 2.22 bits per heavy atom. The van der Waals surface area contributed by atoms with E-state index < -0.39 is 5.97 Å². The summed E-state index contributed by atoms with van der Waals surface area (Å²) >= 11 is 0.